The van der Waals surface area contributed by atoms with Gasteiger partial charge in [0.2, 0.25) is 0 Å². The Hall–Kier alpha value is -0.820. The molecule has 2 aliphatic carbocycles. The third-order valence-corrected chi connectivity index (χ3v) is 5.44. The third kappa shape index (κ3) is 3.09. The highest BCUT2D eigenvalue weighted by atomic mass is 15.0. The number of aryl methyl sites for hydroxylation is 1. The van der Waals surface area contributed by atoms with Gasteiger partial charge in [0, 0.05) is 12.1 Å². The molecule has 2 unspecified atom stereocenters. The molecule has 20 heavy (non-hydrogen) atoms. The standard InChI is InChI=1S/C19H29N/c1-2-18(16-10-4-3-5-11-16)20-19-14-8-12-15-9-6-7-13-17(15)19/h6-7,9,13,16,18-20H,2-5,8,10-12,14H2,1H3. The number of hydrogen-bond donors (Lipinski definition) is 1. The van der Waals surface area contributed by atoms with Crippen molar-refractivity contribution >= 4 is 0 Å². The molecule has 1 heteroatoms. The molecule has 0 aliphatic heterocycles. The Bertz CT molecular complexity index is 420. The summed E-state index contributed by atoms with van der Waals surface area (Å²) in [7, 11) is 0. The van der Waals surface area contributed by atoms with Gasteiger partial charge < -0.3 is 5.32 Å². The molecule has 0 spiro atoms. The van der Waals surface area contributed by atoms with Crippen molar-refractivity contribution in [2.24, 2.45) is 5.92 Å². The molecule has 1 saturated carbocycles. The summed E-state index contributed by atoms with van der Waals surface area (Å²) in [4.78, 5) is 0. The Kier molecular flexibility index (Phi) is 4.77. The second kappa shape index (κ2) is 6.76. The zero-order valence-electron chi connectivity index (χ0n) is 12.9. The fraction of sp³-hybridized carbons (Fsp3) is 0.684. The van der Waals surface area contributed by atoms with E-state index in [0.29, 0.717) is 6.04 Å². The summed E-state index contributed by atoms with van der Waals surface area (Å²) in [5.41, 5.74) is 3.16. The van der Waals surface area contributed by atoms with Crippen molar-refractivity contribution in [3.8, 4) is 0 Å². The van der Waals surface area contributed by atoms with E-state index in [0.717, 1.165) is 12.0 Å². The summed E-state index contributed by atoms with van der Waals surface area (Å²) in [5.74, 6) is 0.919. The molecule has 0 radical (unpaired) electrons. The maximum absolute atomic E-state index is 4.03. The molecule has 2 aliphatic rings. The van der Waals surface area contributed by atoms with Crippen molar-refractivity contribution in [3.05, 3.63) is 35.4 Å². The molecule has 1 aromatic carbocycles. The van der Waals surface area contributed by atoms with Gasteiger partial charge in [-0.1, -0.05) is 50.5 Å². The van der Waals surface area contributed by atoms with Crippen LogP contribution < -0.4 is 5.32 Å². The lowest BCUT2D eigenvalue weighted by Gasteiger charge is -2.36. The highest BCUT2D eigenvalue weighted by Gasteiger charge is 2.27. The lowest BCUT2D eigenvalue weighted by molar-refractivity contribution is 0.238. The monoisotopic (exact) mass is 271 g/mol. The maximum Gasteiger partial charge on any atom is 0.0325 e. The average Bonchev–Trinajstić information content (AvgIpc) is 2.53. The van der Waals surface area contributed by atoms with Crippen LogP contribution in [0.4, 0.5) is 0 Å². The van der Waals surface area contributed by atoms with Crippen LogP contribution in [0.15, 0.2) is 24.3 Å². The second-order valence-electron chi connectivity index (χ2n) is 6.72. The molecule has 0 bridgehead atoms. The van der Waals surface area contributed by atoms with Crippen LogP contribution in [0.5, 0.6) is 0 Å². The average molecular weight is 271 g/mol. The lowest BCUT2D eigenvalue weighted by atomic mass is 9.81. The molecular weight excluding hydrogens is 242 g/mol. The van der Waals surface area contributed by atoms with Gasteiger partial charge in [-0.15, -0.1) is 0 Å². The van der Waals surface area contributed by atoms with Gasteiger partial charge in [0.15, 0.2) is 0 Å². The van der Waals surface area contributed by atoms with E-state index in [-0.39, 0.29) is 0 Å². The maximum atomic E-state index is 4.03. The van der Waals surface area contributed by atoms with E-state index in [4.69, 9.17) is 0 Å². The molecule has 0 saturated heterocycles. The molecule has 0 heterocycles. The van der Waals surface area contributed by atoms with E-state index in [1.54, 1.807) is 11.1 Å². The molecule has 2 atom stereocenters. The van der Waals surface area contributed by atoms with E-state index in [9.17, 15) is 0 Å². The zero-order valence-corrected chi connectivity index (χ0v) is 12.9. The predicted octanol–water partition coefficient (Wildman–Crippen LogP) is 5.01. The van der Waals surface area contributed by atoms with Gasteiger partial charge in [0.25, 0.3) is 0 Å². The molecule has 1 aromatic rings. The first-order valence-electron chi connectivity index (χ1n) is 8.72. The largest absolute Gasteiger partial charge is 0.307 e. The van der Waals surface area contributed by atoms with Crippen molar-refractivity contribution in [2.75, 3.05) is 0 Å². The Labute approximate surface area is 124 Å². The van der Waals surface area contributed by atoms with Crippen LogP contribution in [0, 0.1) is 5.92 Å². The predicted molar refractivity (Wildman–Crippen MR) is 85.9 cm³/mol. The number of hydrogen-bond acceptors (Lipinski definition) is 1. The molecule has 1 fully saturated rings. The van der Waals surface area contributed by atoms with Gasteiger partial charge in [0.1, 0.15) is 0 Å². The van der Waals surface area contributed by atoms with Crippen molar-refractivity contribution in [1.29, 1.82) is 0 Å². The highest BCUT2D eigenvalue weighted by Crippen LogP contribution is 2.33. The number of benzene rings is 1. The van der Waals surface area contributed by atoms with Gasteiger partial charge in [-0.2, -0.15) is 0 Å². The van der Waals surface area contributed by atoms with E-state index >= 15 is 0 Å². The van der Waals surface area contributed by atoms with Crippen LogP contribution in [0.2, 0.25) is 0 Å². The summed E-state index contributed by atoms with van der Waals surface area (Å²) in [5, 5.41) is 4.03. The summed E-state index contributed by atoms with van der Waals surface area (Å²) < 4.78 is 0. The van der Waals surface area contributed by atoms with Gasteiger partial charge in [0.05, 0.1) is 0 Å². The molecule has 0 amide bonds. The topological polar surface area (TPSA) is 12.0 Å². The minimum atomic E-state index is 0.604. The van der Waals surface area contributed by atoms with Crippen LogP contribution in [0.3, 0.4) is 0 Å². The number of nitrogens with one attached hydrogen (secondary N) is 1. The van der Waals surface area contributed by atoms with Crippen LogP contribution in [-0.2, 0) is 6.42 Å². The minimum Gasteiger partial charge on any atom is -0.307 e. The van der Waals surface area contributed by atoms with Crippen LogP contribution in [-0.4, -0.2) is 6.04 Å². The zero-order chi connectivity index (χ0) is 13.8. The third-order valence-electron chi connectivity index (χ3n) is 5.44. The van der Waals surface area contributed by atoms with Crippen LogP contribution in [0.25, 0.3) is 0 Å². The molecular formula is C19H29N. The summed E-state index contributed by atoms with van der Waals surface area (Å²) in [6.45, 7) is 2.36. The Balaban J connectivity index is 1.70. The van der Waals surface area contributed by atoms with Crippen molar-refractivity contribution in [2.45, 2.75) is 76.8 Å². The van der Waals surface area contributed by atoms with Crippen LogP contribution in [0.1, 0.15) is 75.5 Å². The van der Waals surface area contributed by atoms with E-state index in [1.165, 1.54) is 57.8 Å². The highest BCUT2D eigenvalue weighted by molar-refractivity contribution is 5.32. The van der Waals surface area contributed by atoms with E-state index < -0.39 is 0 Å². The normalized spacial score (nSPS) is 25.1. The molecule has 110 valence electrons. The molecule has 1 nitrogen and oxygen atoms in total. The first kappa shape index (κ1) is 14.1. The number of fused-ring (bicyclic) bond motifs is 1. The van der Waals surface area contributed by atoms with Crippen molar-refractivity contribution < 1.29 is 0 Å². The number of rotatable bonds is 4. The van der Waals surface area contributed by atoms with Crippen molar-refractivity contribution in [3.63, 3.8) is 0 Å². The molecule has 0 aromatic heterocycles. The molecule has 1 N–H and O–H groups in total. The summed E-state index contributed by atoms with van der Waals surface area (Å²) in [6.07, 6.45) is 12.5. The lowest BCUT2D eigenvalue weighted by Crippen LogP contribution is -2.40. The SMILES string of the molecule is CCC(NC1CCCc2ccccc21)C1CCCCC1. The van der Waals surface area contributed by atoms with Crippen LogP contribution >= 0.6 is 0 Å². The Morgan fingerprint density at radius 1 is 1.05 bits per heavy atom. The fourth-order valence-electron chi connectivity index (χ4n) is 4.31. The smallest absolute Gasteiger partial charge is 0.0325 e. The Morgan fingerprint density at radius 3 is 2.65 bits per heavy atom. The van der Waals surface area contributed by atoms with Gasteiger partial charge >= 0.3 is 0 Å². The van der Waals surface area contributed by atoms with Gasteiger partial charge in [-0.25, -0.2) is 0 Å². The summed E-state index contributed by atoms with van der Waals surface area (Å²) in [6, 6.07) is 10.4. The first-order chi connectivity index (χ1) is 9.88. The van der Waals surface area contributed by atoms with Gasteiger partial charge in [-0.05, 0) is 55.6 Å². The quantitative estimate of drug-likeness (QED) is 0.811. The van der Waals surface area contributed by atoms with E-state index in [2.05, 4.69) is 36.5 Å². The van der Waals surface area contributed by atoms with Gasteiger partial charge in [-0.3, -0.25) is 0 Å². The van der Waals surface area contributed by atoms with Crippen molar-refractivity contribution in [1.82, 2.24) is 5.32 Å². The Morgan fingerprint density at radius 2 is 1.85 bits per heavy atom. The minimum absolute atomic E-state index is 0.604. The fourth-order valence-corrected chi connectivity index (χ4v) is 4.31. The first-order valence-corrected chi connectivity index (χ1v) is 8.72. The summed E-state index contributed by atoms with van der Waals surface area (Å²) >= 11 is 0. The second-order valence-corrected chi connectivity index (χ2v) is 6.72. The van der Waals surface area contributed by atoms with E-state index in [1.807, 2.05) is 0 Å². The molecule has 3 rings (SSSR count).